The molecule has 1 heterocycles. The minimum Gasteiger partial charge on any atom is -0.408 e. The van der Waals surface area contributed by atoms with Gasteiger partial charge in [-0.15, -0.1) is 0 Å². The number of carbonyl (C=O) groups excluding carboxylic acids is 2. The first kappa shape index (κ1) is 23.5. The maximum absolute atomic E-state index is 12.5. The SMILES string of the molecule is CCN(CC)C(=O)Oc1c(Br)cc(C=C2C(=O)Nc3ccc(S(N)(=O)=O)cc32)cc1Br. The Hall–Kier alpha value is -2.21. The summed E-state index contributed by atoms with van der Waals surface area (Å²) in [6.45, 7) is 4.75. The van der Waals surface area contributed by atoms with Gasteiger partial charge in [0, 0.05) is 29.9 Å². The lowest BCUT2D eigenvalue weighted by Crippen LogP contribution is -2.33. The van der Waals surface area contributed by atoms with Gasteiger partial charge in [-0.1, -0.05) is 0 Å². The summed E-state index contributed by atoms with van der Waals surface area (Å²) in [6.07, 6.45) is 1.14. The van der Waals surface area contributed by atoms with Crippen molar-refractivity contribution in [3.8, 4) is 5.75 Å². The summed E-state index contributed by atoms with van der Waals surface area (Å²) in [4.78, 5) is 26.2. The average Bonchev–Trinajstić information content (AvgIpc) is 2.99. The molecule has 1 aliphatic heterocycles. The Bertz CT molecular complexity index is 1180. The highest BCUT2D eigenvalue weighted by atomic mass is 79.9. The number of carbonyl (C=O) groups is 2. The van der Waals surface area contributed by atoms with E-state index in [0.29, 0.717) is 44.6 Å². The van der Waals surface area contributed by atoms with E-state index in [9.17, 15) is 18.0 Å². The van der Waals surface area contributed by atoms with Crippen molar-refractivity contribution < 1.29 is 22.7 Å². The zero-order valence-corrected chi connectivity index (χ0v) is 20.6. The van der Waals surface area contributed by atoms with Gasteiger partial charge >= 0.3 is 6.09 Å². The molecule has 164 valence electrons. The van der Waals surface area contributed by atoms with Crippen molar-refractivity contribution in [2.45, 2.75) is 18.7 Å². The number of nitrogens with one attached hydrogen (secondary N) is 1. The van der Waals surface area contributed by atoms with Crippen LogP contribution < -0.4 is 15.2 Å². The molecule has 0 unspecified atom stereocenters. The van der Waals surface area contributed by atoms with E-state index in [0.717, 1.165) is 0 Å². The highest BCUT2D eigenvalue weighted by molar-refractivity contribution is 9.11. The molecule has 0 bridgehead atoms. The summed E-state index contributed by atoms with van der Waals surface area (Å²) in [5.74, 6) is -0.0577. The number of halogens is 2. The van der Waals surface area contributed by atoms with Crippen molar-refractivity contribution in [3.05, 3.63) is 50.4 Å². The molecule has 11 heteroatoms. The van der Waals surface area contributed by atoms with Gasteiger partial charge in [0.1, 0.15) is 0 Å². The van der Waals surface area contributed by atoms with Crippen LogP contribution in [0.1, 0.15) is 25.0 Å². The molecule has 0 saturated carbocycles. The monoisotopic (exact) mass is 571 g/mol. The fourth-order valence-corrected chi connectivity index (χ4v) is 4.97. The quantitative estimate of drug-likeness (QED) is 0.521. The number of sulfonamides is 1. The van der Waals surface area contributed by atoms with Crippen LogP contribution in [-0.2, 0) is 14.8 Å². The summed E-state index contributed by atoms with van der Waals surface area (Å²) in [5, 5.41) is 7.91. The van der Waals surface area contributed by atoms with Gasteiger partial charge in [0.15, 0.2) is 5.75 Å². The van der Waals surface area contributed by atoms with Crippen molar-refractivity contribution in [1.29, 1.82) is 0 Å². The number of rotatable bonds is 5. The Morgan fingerprint density at radius 2 is 1.77 bits per heavy atom. The lowest BCUT2D eigenvalue weighted by Gasteiger charge is -2.19. The van der Waals surface area contributed by atoms with Crippen LogP contribution in [0.4, 0.5) is 10.5 Å². The lowest BCUT2D eigenvalue weighted by molar-refractivity contribution is -0.110. The van der Waals surface area contributed by atoms with E-state index in [1.165, 1.54) is 23.1 Å². The third-order valence-corrected chi connectivity index (χ3v) is 6.73. The number of anilines is 1. The number of hydrogen-bond acceptors (Lipinski definition) is 5. The van der Waals surface area contributed by atoms with Crippen LogP contribution in [0.15, 0.2) is 44.2 Å². The normalized spacial score (nSPS) is 14.4. The number of nitrogens with zero attached hydrogens (tertiary/aromatic N) is 1. The van der Waals surface area contributed by atoms with Crippen LogP contribution in [-0.4, -0.2) is 38.4 Å². The van der Waals surface area contributed by atoms with E-state index in [1.54, 1.807) is 18.2 Å². The number of amides is 2. The van der Waals surface area contributed by atoms with E-state index in [1.807, 2.05) is 13.8 Å². The van der Waals surface area contributed by atoms with Crippen LogP contribution in [0.5, 0.6) is 5.75 Å². The molecule has 0 radical (unpaired) electrons. The van der Waals surface area contributed by atoms with Crippen molar-refractivity contribution >= 4 is 71.2 Å². The summed E-state index contributed by atoms with van der Waals surface area (Å²) in [5.41, 5.74) is 1.83. The van der Waals surface area contributed by atoms with Crippen molar-refractivity contribution in [2.24, 2.45) is 5.14 Å². The first-order valence-corrected chi connectivity index (χ1v) is 12.3. The van der Waals surface area contributed by atoms with Crippen LogP contribution in [0.25, 0.3) is 11.6 Å². The number of hydrogen-bond donors (Lipinski definition) is 2. The third kappa shape index (κ3) is 5.00. The third-order valence-electron chi connectivity index (χ3n) is 4.65. The Morgan fingerprint density at radius 3 is 2.32 bits per heavy atom. The molecule has 0 aliphatic carbocycles. The molecule has 3 N–H and O–H groups in total. The van der Waals surface area contributed by atoms with Gasteiger partial charge < -0.3 is 15.0 Å². The second-order valence-electron chi connectivity index (χ2n) is 6.62. The highest BCUT2D eigenvalue weighted by Gasteiger charge is 2.26. The molecule has 0 spiro atoms. The van der Waals surface area contributed by atoms with Gasteiger partial charge in [-0.05, 0) is 87.7 Å². The smallest absolute Gasteiger partial charge is 0.408 e. The molecular weight excluding hydrogens is 554 g/mol. The Morgan fingerprint density at radius 1 is 1.16 bits per heavy atom. The van der Waals surface area contributed by atoms with Gasteiger partial charge in [-0.2, -0.15) is 0 Å². The molecular formula is C20H19Br2N3O5S. The van der Waals surface area contributed by atoms with E-state index in [-0.39, 0.29) is 16.4 Å². The molecule has 2 amide bonds. The Balaban J connectivity index is 1.99. The van der Waals surface area contributed by atoms with Crippen LogP contribution in [0.2, 0.25) is 0 Å². The first-order valence-electron chi connectivity index (χ1n) is 9.21. The minimum atomic E-state index is -3.91. The topological polar surface area (TPSA) is 119 Å². The second kappa shape index (κ2) is 9.11. The summed E-state index contributed by atoms with van der Waals surface area (Å²) in [6, 6.07) is 7.58. The number of primary sulfonamides is 1. The molecule has 3 rings (SSSR count). The van der Waals surface area contributed by atoms with Gasteiger partial charge in [-0.25, -0.2) is 18.4 Å². The van der Waals surface area contributed by atoms with E-state index in [4.69, 9.17) is 9.88 Å². The molecule has 31 heavy (non-hydrogen) atoms. The Labute approximate surface area is 196 Å². The van der Waals surface area contributed by atoms with Gasteiger partial charge in [0.05, 0.1) is 13.8 Å². The summed E-state index contributed by atoms with van der Waals surface area (Å²) in [7, 11) is -3.91. The van der Waals surface area contributed by atoms with E-state index < -0.39 is 16.1 Å². The van der Waals surface area contributed by atoms with Crippen molar-refractivity contribution in [2.75, 3.05) is 18.4 Å². The van der Waals surface area contributed by atoms with Crippen molar-refractivity contribution in [3.63, 3.8) is 0 Å². The molecule has 0 aromatic heterocycles. The zero-order valence-electron chi connectivity index (χ0n) is 16.6. The first-order chi connectivity index (χ1) is 14.5. The lowest BCUT2D eigenvalue weighted by atomic mass is 10.0. The summed E-state index contributed by atoms with van der Waals surface area (Å²) < 4.78 is 29.9. The molecule has 0 fully saturated rings. The van der Waals surface area contributed by atoms with Crippen molar-refractivity contribution in [1.82, 2.24) is 4.90 Å². The van der Waals surface area contributed by atoms with Gasteiger partial charge in [0.2, 0.25) is 10.0 Å². The molecule has 2 aromatic carbocycles. The predicted molar refractivity (Wildman–Crippen MR) is 125 cm³/mol. The van der Waals surface area contributed by atoms with E-state index >= 15 is 0 Å². The van der Waals surface area contributed by atoms with Crippen LogP contribution >= 0.6 is 31.9 Å². The maximum Gasteiger partial charge on any atom is 0.415 e. The Kier molecular flexibility index (Phi) is 6.89. The second-order valence-corrected chi connectivity index (χ2v) is 9.89. The number of benzene rings is 2. The van der Waals surface area contributed by atoms with Gasteiger partial charge in [0.25, 0.3) is 5.91 Å². The molecule has 8 nitrogen and oxygen atoms in total. The highest BCUT2D eigenvalue weighted by Crippen LogP contribution is 2.38. The predicted octanol–water partition coefficient (Wildman–Crippen LogP) is 4.19. The fourth-order valence-electron chi connectivity index (χ4n) is 3.05. The largest absolute Gasteiger partial charge is 0.415 e. The van der Waals surface area contributed by atoms with Crippen LogP contribution in [0, 0.1) is 0 Å². The standard InChI is InChI=1S/C20H19Br2N3O5S/c1-3-25(4-2)20(27)30-18-15(21)8-11(9-16(18)22)7-14-13-10-12(31(23,28)29)5-6-17(13)24-19(14)26/h5-10H,3-4H2,1-2H3,(H,24,26)(H2,23,28,29). The maximum atomic E-state index is 12.5. The molecule has 2 aromatic rings. The average molecular weight is 573 g/mol. The molecule has 0 atom stereocenters. The number of fused-ring (bicyclic) bond motifs is 1. The minimum absolute atomic E-state index is 0.0883. The number of nitrogens with two attached hydrogens (primary N) is 1. The van der Waals surface area contributed by atoms with Crippen LogP contribution in [0.3, 0.4) is 0 Å². The number of ether oxygens (including phenoxy) is 1. The van der Waals surface area contributed by atoms with E-state index in [2.05, 4.69) is 37.2 Å². The molecule has 0 saturated heterocycles. The summed E-state index contributed by atoms with van der Waals surface area (Å²) >= 11 is 6.80. The zero-order chi connectivity index (χ0) is 22.9. The van der Waals surface area contributed by atoms with Gasteiger partial charge in [-0.3, -0.25) is 4.79 Å². The fraction of sp³-hybridized carbons (Fsp3) is 0.200. The molecule has 1 aliphatic rings.